The molecule has 0 radical (unpaired) electrons. The molecule has 0 saturated carbocycles. The second-order valence-corrected chi connectivity index (χ2v) is 6.40. The summed E-state index contributed by atoms with van der Waals surface area (Å²) in [6.45, 7) is 0.0731. The van der Waals surface area contributed by atoms with Crippen LogP contribution in [0.2, 0.25) is 10.0 Å². The highest BCUT2D eigenvalue weighted by Gasteiger charge is 2.16. The van der Waals surface area contributed by atoms with Crippen molar-refractivity contribution in [2.75, 3.05) is 37.4 Å². The third kappa shape index (κ3) is 5.37. The second kappa shape index (κ2) is 8.74. The predicted octanol–water partition coefficient (Wildman–Crippen LogP) is 3.53. The minimum Gasteiger partial charge on any atom is -0.365 e. The summed E-state index contributed by atoms with van der Waals surface area (Å²) in [6.07, 6.45) is 0. The normalized spacial score (nSPS) is 10.2. The summed E-state index contributed by atoms with van der Waals surface area (Å²) >= 11 is 12.0. The lowest BCUT2D eigenvalue weighted by molar-refractivity contribution is -0.132. The Morgan fingerprint density at radius 3 is 2.12 bits per heavy atom. The lowest BCUT2D eigenvalue weighted by atomic mass is 10.3. The Morgan fingerprint density at radius 1 is 0.920 bits per heavy atom. The molecule has 0 bridgehead atoms. The number of nitrogens with one attached hydrogen (secondary N) is 1. The van der Waals surface area contributed by atoms with Crippen molar-refractivity contribution in [1.82, 2.24) is 4.90 Å². The van der Waals surface area contributed by atoms with E-state index in [0.29, 0.717) is 15.7 Å². The summed E-state index contributed by atoms with van der Waals surface area (Å²) in [5, 5.41) is 3.33. The predicted molar refractivity (Wildman–Crippen MR) is 102 cm³/mol. The van der Waals surface area contributed by atoms with E-state index in [9.17, 15) is 9.59 Å². The summed E-state index contributed by atoms with van der Waals surface area (Å²) in [7, 11) is 3.40. The number of carbonyl (C=O) groups excluding carboxylic acids is 2. The van der Waals surface area contributed by atoms with E-state index in [-0.39, 0.29) is 24.9 Å². The molecule has 0 aromatic heterocycles. The molecule has 0 unspecified atom stereocenters. The second-order valence-electron chi connectivity index (χ2n) is 5.59. The number of nitrogens with zero attached hydrogens (tertiary/aromatic N) is 2. The average Bonchev–Trinajstić information content (AvgIpc) is 2.59. The molecule has 0 heterocycles. The Morgan fingerprint density at radius 2 is 1.52 bits per heavy atom. The number of halogens is 2. The zero-order chi connectivity index (χ0) is 18.4. The van der Waals surface area contributed by atoms with Crippen molar-refractivity contribution < 1.29 is 9.59 Å². The molecule has 2 rings (SSSR count). The number of rotatable bonds is 6. The van der Waals surface area contributed by atoms with E-state index in [1.165, 1.54) is 4.90 Å². The molecule has 132 valence electrons. The van der Waals surface area contributed by atoms with Crippen LogP contribution in [0.25, 0.3) is 0 Å². The number of amides is 2. The van der Waals surface area contributed by atoms with Gasteiger partial charge in [0, 0.05) is 19.8 Å². The van der Waals surface area contributed by atoms with Crippen molar-refractivity contribution in [3.05, 3.63) is 58.6 Å². The smallest absolute Gasteiger partial charge is 0.244 e. The van der Waals surface area contributed by atoms with E-state index in [1.807, 2.05) is 42.3 Å². The van der Waals surface area contributed by atoms with Crippen LogP contribution in [-0.2, 0) is 9.59 Å². The Bertz CT molecular complexity index is 733. The average molecular weight is 380 g/mol. The standard InChI is InChI=1S/C18H19Cl2N3O2/c1-22(13-7-4-3-5-8-13)12-17(25)23(2)11-16(24)21-18-14(19)9-6-10-15(18)20/h3-10H,11-12H2,1-2H3,(H,21,24). The largest absolute Gasteiger partial charge is 0.365 e. The van der Waals surface area contributed by atoms with E-state index < -0.39 is 0 Å². The minimum absolute atomic E-state index is 0.0942. The first-order valence-electron chi connectivity index (χ1n) is 7.62. The minimum atomic E-state index is -0.367. The van der Waals surface area contributed by atoms with Crippen LogP contribution in [0.5, 0.6) is 0 Å². The van der Waals surface area contributed by atoms with E-state index >= 15 is 0 Å². The molecule has 7 heteroatoms. The molecular formula is C18H19Cl2N3O2. The number of para-hydroxylation sites is 2. The first-order chi connectivity index (χ1) is 11.9. The van der Waals surface area contributed by atoms with Gasteiger partial charge >= 0.3 is 0 Å². The van der Waals surface area contributed by atoms with Gasteiger partial charge in [-0.05, 0) is 24.3 Å². The van der Waals surface area contributed by atoms with Crippen LogP contribution in [0.3, 0.4) is 0 Å². The van der Waals surface area contributed by atoms with Gasteiger partial charge in [0.25, 0.3) is 0 Å². The molecule has 0 saturated heterocycles. The lowest BCUT2D eigenvalue weighted by Crippen LogP contribution is -2.40. The number of hydrogen-bond acceptors (Lipinski definition) is 3. The summed E-state index contributed by atoms with van der Waals surface area (Å²) in [4.78, 5) is 27.6. The van der Waals surface area contributed by atoms with Crippen molar-refractivity contribution in [1.29, 1.82) is 0 Å². The van der Waals surface area contributed by atoms with Crippen molar-refractivity contribution >= 4 is 46.4 Å². The quantitative estimate of drug-likeness (QED) is 0.834. The molecule has 5 nitrogen and oxygen atoms in total. The van der Waals surface area contributed by atoms with Gasteiger partial charge in [-0.3, -0.25) is 9.59 Å². The first kappa shape index (κ1) is 19.1. The van der Waals surface area contributed by atoms with E-state index in [0.717, 1.165) is 5.69 Å². The van der Waals surface area contributed by atoms with Gasteiger partial charge in [-0.1, -0.05) is 47.5 Å². The fourth-order valence-corrected chi connectivity index (χ4v) is 2.69. The number of likely N-dealkylation sites (N-methyl/N-ethyl adjacent to an activating group) is 2. The highest BCUT2D eigenvalue weighted by atomic mass is 35.5. The van der Waals surface area contributed by atoms with Gasteiger partial charge in [0.2, 0.25) is 11.8 Å². The maximum Gasteiger partial charge on any atom is 0.244 e. The van der Waals surface area contributed by atoms with Gasteiger partial charge < -0.3 is 15.1 Å². The van der Waals surface area contributed by atoms with E-state index in [2.05, 4.69) is 5.32 Å². The van der Waals surface area contributed by atoms with Crippen molar-refractivity contribution in [2.45, 2.75) is 0 Å². The third-order valence-electron chi connectivity index (χ3n) is 3.60. The summed E-state index contributed by atoms with van der Waals surface area (Å²) in [5.74, 6) is -0.542. The van der Waals surface area contributed by atoms with Crippen molar-refractivity contribution in [3.63, 3.8) is 0 Å². The van der Waals surface area contributed by atoms with Gasteiger partial charge in [-0.15, -0.1) is 0 Å². The number of anilines is 2. The third-order valence-corrected chi connectivity index (χ3v) is 4.23. The van der Waals surface area contributed by atoms with Crippen molar-refractivity contribution in [3.8, 4) is 0 Å². The topological polar surface area (TPSA) is 52.7 Å². The monoisotopic (exact) mass is 379 g/mol. The van der Waals surface area contributed by atoms with Gasteiger partial charge in [0.1, 0.15) is 0 Å². The van der Waals surface area contributed by atoms with Gasteiger partial charge in [0.05, 0.1) is 28.8 Å². The molecule has 0 atom stereocenters. The SMILES string of the molecule is CN(CC(=O)Nc1c(Cl)cccc1Cl)C(=O)CN(C)c1ccccc1. The highest BCUT2D eigenvalue weighted by molar-refractivity contribution is 6.39. The molecule has 0 aliphatic heterocycles. The van der Waals surface area contributed by atoms with Crippen LogP contribution in [0, 0.1) is 0 Å². The fourth-order valence-electron chi connectivity index (χ4n) is 2.20. The van der Waals surface area contributed by atoms with Gasteiger partial charge in [0.15, 0.2) is 0 Å². The fraction of sp³-hybridized carbons (Fsp3) is 0.222. The maximum absolute atomic E-state index is 12.3. The number of benzene rings is 2. The van der Waals surface area contributed by atoms with Crippen LogP contribution < -0.4 is 10.2 Å². The molecule has 0 aliphatic rings. The first-order valence-corrected chi connectivity index (χ1v) is 8.38. The zero-order valence-corrected chi connectivity index (χ0v) is 15.5. The molecule has 0 aliphatic carbocycles. The Labute approximate surface area is 157 Å². The molecule has 2 aromatic carbocycles. The summed E-state index contributed by atoms with van der Waals surface area (Å²) < 4.78 is 0. The Balaban J connectivity index is 1.91. The van der Waals surface area contributed by atoms with Crippen LogP contribution in [0.4, 0.5) is 11.4 Å². The zero-order valence-electron chi connectivity index (χ0n) is 14.0. The molecule has 2 aromatic rings. The van der Waals surface area contributed by atoms with Gasteiger partial charge in [-0.2, -0.15) is 0 Å². The molecule has 0 fully saturated rings. The van der Waals surface area contributed by atoms with Crippen LogP contribution in [-0.4, -0.2) is 43.9 Å². The molecular weight excluding hydrogens is 361 g/mol. The summed E-state index contributed by atoms with van der Waals surface area (Å²) in [6, 6.07) is 14.5. The summed E-state index contributed by atoms with van der Waals surface area (Å²) in [5.41, 5.74) is 1.27. The number of hydrogen-bond donors (Lipinski definition) is 1. The number of carbonyl (C=O) groups is 2. The Kier molecular flexibility index (Phi) is 6.67. The molecule has 2 amide bonds. The van der Waals surface area contributed by atoms with Gasteiger partial charge in [-0.25, -0.2) is 0 Å². The van der Waals surface area contributed by atoms with Crippen LogP contribution in [0.15, 0.2) is 48.5 Å². The molecule has 25 heavy (non-hydrogen) atoms. The lowest BCUT2D eigenvalue weighted by Gasteiger charge is -2.23. The van der Waals surface area contributed by atoms with Crippen LogP contribution >= 0.6 is 23.2 Å². The van der Waals surface area contributed by atoms with E-state index in [1.54, 1.807) is 25.2 Å². The van der Waals surface area contributed by atoms with Crippen molar-refractivity contribution in [2.24, 2.45) is 0 Å². The highest BCUT2D eigenvalue weighted by Crippen LogP contribution is 2.29. The van der Waals surface area contributed by atoms with E-state index in [4.69, 9.17) is 23.2 Å². The van der Waals surface area contributed by atoms with Crippen LogP contribution in [0.1, 0.15) is 0 Å². The maximum atomic E-state index is 12.3. The Hall–Kier alpha value is -2.24. The molecule has 0 spiro atoms. The molecule has 1 N–H and O–H groups in total.